The average molecular weight is 164 g/mol. The van der Waals surface area contributed by atoms with Crippen LogP contribution < -0.4 is 0 Å². The van der Waals surface area contributed by atoms with E-state index in [0.717, 1.165) is 23.6 Å². The molecule has 2 heteroatoms. The van der Waals surface area contributed by atoms with Crippen LogP contribution in [-0.4, -0.2) is 9.97 Å². The number of aryl methyl sites for hydroxylation is 3. The van der Waals surface area contributed by atoms with Crippen molar-refractivity contribution in [3.8, 4) is 0 Å². The molecule has 0 bridgehead atoms. The molecule has 66 valence electrons. The van der Waals surface area contributed by atoms with Crippen LogP contribution in [0.1, 0.15) is 37.0 Å². The van der Waals surface area contributed by atoms with Gasteiger partial charge >= 0.3 is 0 Å². The lowest BCUT2D eigenvalue weighted by molar-refractivity contribution is 0.743. The van der Waals surface area contributed by atoms with Crippen molar-refractivity contribution >= 4 is 0 Å². The van der Waals surface area contributed by atoms with Crippen LogP contribution in [0.2, 0.25) is 0 Å². The molecule has 0 radical (unpaired) electrons. The lowest BCUT2D eigenvalue weighted by atomic mass is 10.2. The second-order valence-corrected chi connectivity index (χ2v) is 3.17. The summed E-state index contributed by atoms with van der Waals surface area (Å²) in [5.41, 5.74) is 2.15. The van der Waals surface area contributed by atoms with Crippen LogP contribution in [0.3, 0.4) is 0 Å². The van der Waals surface area contributed by atoms with Crippen LogP contribution in [0.15, 0.2) is 6.07 Å². The van der Waals surface area contributed by atoms with Crippen molar-refractivity contribution in [3.63, 3.8) is 0 Å². The molecule has 0 fully saturated rings. The highest BCUT2D eigenvalue weighted by atomic mass is 14.9. The SMILES string of the molecule is CCCCc1nc(C)cc(C)n1. The minimum atomic E-state index is 0.995. The van der Waals surface area contributed by atoms with Crippen molar-refractivity contribution in [2.75, 3.05) is 0 Å². The van der Waals surface area contributed by atoms with Crippen LogP contribution in [0.5, 0.6) is 0 Å². The summed E-state index contributed by atoms with van der Waals surface area (Å²) in [6.07, 6.45) is 3.40. The first kappa shape index (κ1) is 9.17. The van der Waals surface area contributed by atoms with E-state index >= 15 is 0 Å². The van der Waals surface area contributed by atoms with Crippen LogP contribution >= 0.6 is 0 Å². The Bertz CT molecular complexity index is 236. The smallest absolute Gasteiger partial charge is 0.128 e. The fourth-order valence-corrected chi connectivity index (χ4v) is 1.25. The van der Waals surface area contributed by atoms with Gasteiger partial charge in [-0.3, -0.25) is 0 Å². The van der Waals surface area contributed by atoms with Gasteiger partial charge in [0, 0.05) is 17.8 Å². The zero-order valence-corrected chi connectivity index (χ0v) is 8.09. The highest BCUT2D eigenvalue weighted by Gasteiger charge is 1.97. The maximum absolute atomic E-state index is 4.36. The van der Waals surface area contributed by atoms with E-state index in [1.807, 2.05) is 19.9 Å². The molecule has 0 aliphatic rings. The summed E-state index contributed by atoms with van der Waals surface area (Å²) < 4.78 is 0. The summed E-state index contributed by atoms with van der Waals surface area (Å²) in [5.74, 6) is 0.995. The number of hydrogen-bond acceptors (Lipinski definition) is 2. The van der Waals surface area contributed by atoms with Crippen molar-refractivity contribution in [2.24, 2.45) is 0 Å². The first-order valence-electron chi connectivity index (χ1n) is 4.53. The summed E-state index contributed by atoms with van der Waals surface area (Å²) in [6.45, 7) is 6.22. The predicted molar refractivity (Wildman–Crippen MR) is 50.1 cm³/mol. The highest BCUT2D eigenvalue weighted by molar-refractivity contribution is 5.08. The van der Waals surface area contributed by atoms with E-state index in [0.29, 0.717) is 0 Å². The number of aromatic nitrogens is 2. The Balaban J connectivity index is 2.72. The van der Waals surface area contributed by atoms with Gasteiger partial charge in [0.2, 0.25) is 0 Å². The van der Waals surface area contributed by atoms with Gasteiger partial charge < -0.3 is 0 Å². The van der Waals surface area contributed by atoms with Crippen LogP contribution in [0, 0.1) is 13.8 Å². The predicted octanol–water partition coefficient (Wildman–Crippen LogP) is 2.44. The third-order valence-electron chi connectivity index (χ3n) is 1.78. The zero-order valence-electron chi connectivity index (χ0n) is 8.09. The topological polar surface area (TPSA) is 25.8 Å². The molecule has 0 aromatic carbocycles. The Labute approximate surface area is 74.1 Å². The molecule has 0 saturated heterocycles. The van der Waals surface area contributed by atoms with E-state index in [2.05, 4.69) is 16.9 Å². The van der Waals surface area contributed by atoms with Gasteiger partial charge in [0.15, 0.2) is 0 Å². The van der Waals surface area contributed by atoms with Crippen LogP contribution in [-0.2, 0) is 6.42 Å². The van der Waals surface area contributed by atoms with E-state index in [-0.39, 0.29) is 0 Å². The molecular weight excluding hydrogens is 148 g/mol. The molecule has 1 rings (SSSR count). The summed E-state index contributed by atoms with van der Waals surface area (Å²) in [5, 5.41) is 0. The number of nitrogens with zero attached hydrogens (tertiary/aromatic N) is 2. The van der Waals surface area contributed by atoms with Gasteiger partial charge in [-0.25, -0.2) is 9.97 Å². The monoisotopic (exact) mass is 164 g/mol. The van der Waals surface area contributed by atoms with Crippen molar-refractivity contribution in [2.45, 2.75) is 40.0 Å². The maximum atomic E-state index is 4.36. The fourth-order valence-electron chi connectivity index (χ4n) is 1.25. The molecule has 0 saturated carbocycles. The third-order valence-corrected chi connectivity index (χ3v) is 1.78. The third kappa shape index (κ3) is 2.61. The summed E-state index contributed by atoms with van der Waals surface area (Å²) in [6, 6.07) is 2.01. The van der Waals surface area contributed by atoms with E-state index in [1.54, 1.807) is 0 Å². The molecule has 0 aliphatic carbocycles. The largest absolute Gasteiger partial charge is 0.238 e. The minimum Gasteiger partial charge on any atom is -0.238 e. The van der Waals surface area contributed by atoms with Crippen LogP contribution in [0.25, 0.3) is 0 Å². The van der Waals surface area contributed by atoms with Crippen molar-refractivity contribution in [3.05, 3.63) is 23.3 Å². The molecule has 0 spiro atoms. The molecule has 1 aromatic rings. The molecule has 12 heavy (non-hydrogen) atoms. The molecule has 0 N–H and O–H groups in total. The van der Waals surface area contributed by atoms with Gasteiger partial charge in [-0.1, -0.05) is 13.3 Å². The fraction of sp³-hybridized carbons (Fsp3) is 0.600. The average Bonchev–Trinajstić information content (AvgIpc) is 1.99. The quantitative estimate of drug-likeness (QED) is 0.685. The first-order valence-corrected chi connectivity index (χ1v) is 4.53. The van der Waals surface area contributed by atoms with E-state index in [1.165, 1.54) is 12.8 Å². The Morgan fingerprint density at radius 1 is 1.17 bits per heavy atom. The minimum absolute atomic E-state index is 0.995. The van der Waals surface area contributed by atoms with Gasteiger partial charge in [-0.15, -0.1) is 0 Å². The van der Waals surface area contributed by atoms with E-state index < -0.39 is 0 Å². The lowest BCUT2D eigenvalue weighted by Gasteiger charge is -2.01. The lowest BCUT2D eigenvalue weighted by Crippen LogP contribution is -1.98. The van der Waals surface area contributed by atoms with Gasteiger partial charge in [-0.05, 0) is 26.3 Å². The molecular formula is C10H16N2. The van der Waals surface area contributed by atoms with Crippen molar-refractivity contribution in [1.29, 1.82) is 0 Å². The Morgan fingerprint density at radius 3 is 2.25 bits per heavy atom. The number of unbranched alkanes of at least 4 members (excludes halogenated alkanes) is 1. The maximum Gasteiger partial charge on any atom is 0.128 e. The van der Waals surface area contributed by atoms with Crippen molar-refractivity contribution < 1.29 is 0 Å². The normalized spacial score (nSPS) is 10.2. The van der Waals surface area contributed by atoms with E-state index in [4.69, 9.17) is 0 Å². The standard InChI is InChI=1S/C10H16N2/c1-4-5-6-10-11-8(2)7-9(3)12-10/h7H,4-6H2,1-3H3. The molecule has 0 amide bonds. The summed E-state index contributed by atoms with van der Waals surface area (Å²) in [7, 11) is 0. The first-order chi connectivity index (χ1) is 5.72. The van der Waals surface area contributed by atoms with Gasteiger partial charge in [-0.2, -0.15) is 0 Å². The summed E-state index contributed by atoms with van der Waals surface area (Å²) >= 11 is 0. The Kier molecular flexibility index (Phi) is 3.20. The molecule has 0 atom stereocenters. The van der Waals surface area contributed by atoms with Gasteiger partial charge in [0.05, 0.1) is 0 Å². The summed E-state index contributed by atoms with van der Waals surface area (Å²) in [4.78, 5) is 8.72. The molecule has 2 nitrogen and oxygen atoms in total. The molecule has 1 heterocycles. The van der Waals surface area contributed by atoms with E-state index in [9.17, 15) is 0 Å². The Morgan fingerprint density at radius 2 is 1.75 bits per heavy atom. The second-order valence-electron chi connectivity index (χ2n) is 3.17. The number of hydrogen-bond donors (Lipinski definition) is 0. The molecule has 1 aromatic heterocycles. The van der Waals surface area contributed by atoms with Crippen molar-refractivity contribution in [1.82, 2.24) is 9.97 Å². The highest BCUT2D eigenvalue weighted by Crippen LogP contribution is 2.02. The van der Waals surface area contributed by atoms with Gasteiger partial charge in [0.25, 0.3) is 0 Å². The molecule has 0 unspecified atom stereocenters. The molecule has 0 aliphatic heterocycles. The van der Waals surface area contributed by atoms with Crippen LogP contribution in [0.4, 0.5) is 0 Å². The number of rotatable bonds is 3. The Hall–Kier alpha value is -0.920. The second kappa shape index (κ2) is 4.19. The van der Waals surface area contributed by atoms with Gasteiger partial charge in [0.1, 0.15) is 5.82 Å². The zero-order chi connectivity index (χ0) is 8.97.